The third kappa shape index (κ3) is 4.09. The van der Waals surface area contributed by atoms with Gasteiger partial charge < -0.3 is 18.8 Å². The lowest BCUT2D eigenvalue weighted by atomic mass is 9.96. The first kappa shape index (κ1) is 21.9. The molecule has 0 spiro atoms. The van der Waals surface area contributed by atoms with Crippen LogP contribution in [0.1, 0.15) is 49.1 Å². The van der Waals surface area contributed by atoms with Crippen LogP contribution in [0, 0.1) is 26.7 Å². The third-order valence-corrected chi connectivity index (χ3v) is 5.97. The lowest BCUT2D eigenvalue weighted by Crippen LogP contribution is -2.42. The highest BCUT2D eigenvalue weighted by Crippen LogP contribution is 2.38. The summed E-state index contributed by atoms with van der Waals surface area (Å²) in [6, 6.07) is 2.03. The molecule has 0 bridgehead atoms. The number of ether oxygens (including phenoxy) is 2. The molecule has 1 aliphatic heterocycles. The van der Waals surface area contributed by atoms with E-state index >= 15 is 0 Å². The lowest BCUT2D eigenvalue weighted by Gasteiger charge is -2.31. The zero-order valence-electron chi connectivity index (χ0n) is 18.8. The van der Waals surface area contributed by atoms with Crippen molar-refractivity contribution in [1.29, 1.82) is 0 Å². The van der Waals surface area contributed by atoms with E-state index in [0.29, 0.717) is 25.4 Å². The number of piperidine rings is 1. The lowest BCUT2D eigenvalue weighted by molar-refractivity contribution is -0.150. The van der Waals surface area contributed by atoms with Crippen molar-refractivity contribution < 1.29 is 23.5 Å². The summed E-state index contributed by atoms with van der Waals surface area (Å²) in [5.74, 6) is 1.02. The van der Waals surface area contributed by atoms with Crippen LogP contribution in [0.3, 0.4) is 0 Å². The molecule has 1 aromatic heterocycles. The van der Waals surface area contributed by atoms with Gasteiger partial charge in [0.2, 0.25) is 5.91 Å². The minimum atomic E-state index is -0.249. The van der Waals surface area contributed by atoms with E-state index in [0.717, 1.165) is 51.8 Å². The highest BCUT2D eigenvalue weighted by atomic mass is 16.5. The van der Waals surface area contributed by atoms with Gasteiger partial charge in [-0.15, -0.1) is 0 Å². The van der Waals surface area contributed by atoms with Crippen molar-refractivity contribution in [2.24, 2.45) is 5.92 Å². The predicted molar refractivity (Wildman–Crippen MR) is 117 cm³/mol. The first-order chi connectivity index (χ1) is 14.3. The van der Waals surface area contributed by atoms with Crippen LogP contribution in [-0.2, 0) is 14.3 Å². The summed E-state index contributed by atoms with van der Waals surface area (Å²) in [6.07, 6.45) is 3.19. The van der Waals surface area contributed by atoms with E-state index in [4.69, 9.17) is 13.9 Å². The van der Waals surface area contributed by atoms with E-state index in [9.17, 15) is 9.59 Å². The zero-order chi connectivity index (χ0) is 22.0. The molecule has 1 amide bonds. The van der Waals surface area contributed by atoms with Crippen molar-refractivity contribution >= 4 is 28.4 Å². The first-order valence-corrected chi connectivity index (χ1v) is 10.5. The maximum atomic E-state index is 13.0. The summed E-state index contributed by atoms with van der Waals surface area (Å²) in [4.78, 5) is 26.8. The number of fused-ring (bicyclic) bond motifs is 1. The summed E-state index contributed by atoms with van der Waals surface area (Å²) in [6.45, 7) is 11.1. The van der Waals surface area contributed by atoms with Gasteiger partial charge in [-0.2, -0.15) is 0 Å². The maximum absolute atomic E-state index is 13.0. The number of carbonyl (C=O) groups is 2. The van der Waals surface area contributed by atoms with Crippen molar-refractivity contribution in [1.82, 2.24) is 4.90 Å². The number of benzene rings is 1. The van der Waals surface area contributed by atoms with Gasteiger partial charge in [-0.25, -0.2) is 0 Å². The van der Waals surface area contributed by atoms with Gasteiger partial charge in [0.05, 0.1) is 19.6 Å². The summed E-state index contributed by atoms with van der Waals surface area (Å²) in [7, 11) is 1.63. The molecule has 6 heteroatoms. The molecule has 0 saturated carbocycles. The van der Waals surface area contributed by atoms with Crippen LogP contribution in [0.15, 0.2) is 16.6 Å². The first-order valence-electron chi connectivity index (χ1n) is 10.5. The molecule has 30 heavy (non-hydrogen) atoms. The van der Waals surface area contributed by atoms with E-state index in [1.807, 2.05) is 33.8 Å². The van der Waals surface area contributed by atoms with Gasteiger partial charge in [-0.1, -0.05) is 0 Å². The highest BCUT2D eigenvalue weighted by molar-refractivity contribution is 5.98. The molecule has 1 unspecified atom stereocenters. The minimum absolute atomic E-state index is 0.0959. The monoisotopic (exact) mass is 413 g/mol. The number of amides is 1. The van der Waals surface area contributed by atoms with Gasteiger partial charge in [0.25, 0.3) is 0 Å². The van der Waals surface area contributed by atoms with Crippen LogP contribution in [0.25, 0.3) is 16.5 Å². The average molecular weight is 414 g/mol. The number of likely N-dealkylation sites (tertiary alicyclic amines) is 1. The molecule has 0 aliphatic carbocycles. The number of hydrogen-bond donors (Lipinski definition) is 0. The van der Waals surface area contributed by atoms with Gasteiger partial charge in [-0.05, 0) is 64.7 Å². The van der Waals surface area contributed by atoms with E-state index in [1.165, 1.54) is 0 Å². The summed E-state index contributed by atoms with van der Waals surface area (Å²) in [5.41, 5.74) is 4.52. The van der Waals surface area contributed by atoms with E-state index in [2.05, 4.69) is 0 Å². The fourth-order valence-corrected chi connectivity index (χ4v) is 4.15. The third-order valence-electron chi connectivity index (χ3n) is 5.97. The SMILES string of the molecule is CCOC(=O)C1CCCN(C(=O)/C=C(\C)c2cc3c(C)c(C)oc3c(C)c2OC)C1. The van der Waals surface area contributed by atoms with Crippen LogP contribution in [0.5, 0.6) is 5.75 Å². The van der Waals surface area contributed by atoms with Crippen LogP contribution >= 0.6 is 0 Å². The average Bonchev–Trinajstić information content (AvgIpc) is 3.02. The Kier molecular flexibility index (Phi) is 6.54. The Morgan fingerprint density at radius 3 is 2.67 bits per heavy atom. The normalized spacial score (nSPS) is 17.3. The summed E-state index contributed by atoms with van der Waals surface area (Å²) < 4.78 is 16.7. The molecule has 2 aromatic rings. The molecule has 2 heterocycles. The van der Waals surface area contributed by atoms with Crippen LogP contribution in [0.4, 0.5) is 0 Å². The van der Waals surface area contributed by atoms with Crippen LogP contribution in [-0.4, -0.2) is 43.6 Å². The highest BCUT2D eigenvalue weighted by Gasteiger charge is 2.29. The van der Waals surface area contributed by atoms with Crippen molar-refractivity contribution in [2.75, 3.05) is 26.8 Å². The molecule has 162 valence electrons. The number of nitrogens with zero attached hydrogens (tertiary/aromatic N) is 1. The molecule has 3 rings (SSSR count). The molecular weight excluding hydrogens is 382 g/mol. The smallest absolute Gasteiger partial charge is 0.310 e. The molecular formula is C24H31NO5. The number of esters is 1. The van der Waals surface area contributed by atoms with Crippen molar-refractivity contribution in [3.63, 3.8) is 0 Å². The second kappa shape index (κ2) is 8.94. The number of furan rings is 1. The molecule has 1 saturated heterocycles. The quantitative estimate of drug-likeness (QED) is 0.530. The standard InChI is InChI=1S/C24H31NO5/c1-7-29-24(27)18-9-8-10-25(13-18)21(26)11-14(2)19-12-20-15(3)17(5)30-23(20)16(4)22(19)28-6/h11-12,18H,7-10,13H2,1-6H3/b14-11+. The van der Waals surface area contributed by atoms with Gasteiger partial charge in [-0.3, -0.25) is 9.59 Å². The van der Waals surface area contributed by atoms with E-state index in [-0.39, 0.29) is 17.8 Å². The molecule has 1 aliphatic rings. The number of methoxy groups -OCH3 is 1. The number of aryl methyl sites for hydroxylation is 3. The van der Waals surface area contributed by atoms with Gasteiger partial charge in [0.1, 0.15) is 17.1 Å². The minimum Gasteiger partial charge on any atom is -0.496 e. The Morgan fingerprint density at radius 1 is 1.27 bits per heavy atom. The zero-order valence-corrected chi connectivity index (χ0v) is 18.8. The Morgan fingerprint density at radius 2 is 2.00 bits per heavy atom. The second-order valence-electron chi connectivity index (χ2n) is 7.95. The Hall–Kier alpha value is -2.76. The van der Waals surface area contributed by atoms with Gasteiger partial charge >= 0.3 is 5.97 Å². The van der Waals surface area contributed by atoms with Crippen molar-refractivity contribution in [3.05, 3.63) is 34.6 Å². The summed E-state index contributed by atoms with van der Waals surface area (Å²) >= 11 is 0. The molecule has 0 radical (unpaired) electrons. The number of allylic oxidation sites excluding steroid dienone is 1. The molecule has 1 aromatic carbocycles. The second-order valence-corrected chi connectivity index (χ2v) is 7.95. The molecule has 0 N–H and O–H groups in total. The number of carbonyl (C=O) groups excluding carboxylic acids is 2. The molecule has 6 nitrogen and oxygen atoms in total. The topological polar surface area (TPSA) is 69.0 Å². The largest absolute Gasteiger partial charge is 0.496 e. The number of rotatable bonds is 5. The molecule has 1 fully saturated rings. The van der Waals surface area contributed by atoms with E-state index < -0.39 is 0 Å². The van der Waals surface area contributed by atoms with Gasteiger partial charge in [0.15, 0.2) is 0 Å². The predicted octanol–water partition coefficient (Wildman–Crippen LogP) is 4.57. The Balaban J connectivity index is 1.91. The Labute approximate surface area is 177 Å². The van der Waals surface area contributed by atoms with Crippen molar-refractivity contribution in [2.45, 2.75) is 47.5 Å². The molecule has 1 atom stereocenters. The van der Waals surface area contributed by atoms with Gasteiger partial charge in [0, 0.05) is 35.7 Å². The van der Waals surface area contributed by atoms with Crippen LogP contribution < -0.4 is 4.74 Å². The fourth-order valence-electron chi connectivity index (χ4n) is 4.15. The fraction of sp³-hybridized carbons (Fsp3) is 0.500. The van der Waals surface area contributed by atoms with E-state index in [1.54, 1.807) is 25.0 Å². The maximum Gasteiger partial charge on any atom is 0.310 e. The summed E-state index contributed by atoms with van der Waals surface area (Å²) in [5, 5.41) is 1.03. The number of hydrogen-bond acceptors (Lipinski definition) is 5. The van der Waals surface area contributed by atoms with Crippen LogP contribution in [0.2, 0.25) is 0 Å². The Bertz CT molecular complexity index is 1000. The van der Waals surface area contributed by atoms with Crippen molar-refractivity contribution in [3.8, 4) is 5.75 Å².